The van der Waals surface area contributed by atoms with Crippen LogP contribution in [0.1, 0.15) is 24.0 Å². The lowest BCUT2D eigenvalue weighted by Gasteiger charge is -2.25. The van der Waals surface area contributed by atoms with Crippen LogP contribution in [0.25, 0.3) is 0 Å². The van der Waals surface area contributed by atoms with Gasteiger partial charge in [-0.3, -0.25) is 13.9 Å². The first kappa shape index (κ1) is 30.0. The van der Waals surface area contributed by atoms with Crippen molar-refractivity contribution >= 4 is 45.3 Å². The van der Waals surface area contributed by atoms with Gasteiger partial charge in [0, 0.05) is 18.2 Å². The van der Waals surface area contributed by atoms with Gasteiger partial charge in [0.15, 0.2) is 6.61 Å². The average Bonchev–Trinajstić information content (AvgIpc) is 3.50. The van der Waals surface area contributed by atoms with Crippen molar-refractivity contribution in [1.29, 1.82) is 0 Å². The van der Waals surface area contributed by atoms with Gasteiger partial charge in [0.05, 0.1) is 22.9 Å². The van der Waals surface area contributed by atoms with Gasteiger partial charge in [-0.05, 0) is 79.4 Å². The van der Waals surface area contributed by atoms with E-state index in [2.05, 4.69) is 15.8 Å². The highest BCUT2D eigenvalue weighted by atomic mass is 35.5. The molecule has 1 aliphatic heterocycles. The normalized spacial score (nSPS) is 15.0. The number of nitrogens with zero attached hydrogens (tertiary/aromatic N) is 2. The minimum Gasteiger partial charge on any atom is -0.484 e. The molecule has 3 aromatic rings. The summed E-state index contributed by atoms with van der Waals surface area (Å²) in [5.41, 5.74) is 3.95. The molecule has 0 aliphatic carbocycles. The highest BCUT2D eigenvalue weighted by Gasteiger charge is 2.28. The summed E-state index contributed by atoms with van der Waals surface area (Å²) < 4.78 is 39.0. The van der Waals surface area contributed by atoms with Crippen LogP contribution in [0.15, 0.2) is 82.8 Å². The van der Waals surface area contributed by atoms with E-state index in [9.17, 15) is 18.0 Å². The van der Waals surface area contributed by atoms with Gasteiger partial charge in [-0.2, -0.15) is 5.10 Å². The number of amides is 2. The first-order valence-electron chi connectivity index (χ1n) is 13.0. The highest BCUT2D eigenvalue weighted by molar-refractivity contribution is 7.92. The number of nitrogens with one attached hydrogen (secondary N) is 2. The number of anilines is 1. The van der Waals surface area contributed by atoms with Crippen LogP contribution in [0.3, 0.4) is 0 Å². The second-order valence-corrected chi connectivity index (χ2v) is 11.6. The molecule has 0 radical (unpaired) electrons. The molecule has 41 heavy (non-hydrogen) atoms. The van der Waals surface area contributed by atoms with Gasteiger partial charge in [-0.15, -0.1) is 0 Å². The lowest BCUT2D eigenvalue weighted by atomic mass is 10.2. The SMILES string of the molecule is Cc1ccc(Cl)cc1N(CC(=O)N/N=C\c1ccc(OCC(=O)NC[C@H]2CCCO2)cc1)S(=O)(=O)c1ccccc1. The fraction of sp³-hybridized carbons (Fsp3) is 0.276. The molecule has 2 N–H and O–H groups in total. The molecular formula is C29H31ClN4O6S. The Labute approximate surface area is 244 Å². The number of sulfonamides is 1. The van der Waals surface area contributed by atoms with Crippen LogP contribution in [-0.2, 0) is 24.3 Å². The predicted molar refractivity (Wildman–Crippen MR) is 157 cm³/mol. The van der Waals surface area contributed by atoms with E-state index in [0.717, 1.165) is 23.8 Å². The molecule has 10 nitrogen and oxygen atoms in total. The van der Waals surface area contributed by atoms with Crippen LogP contribution >= 0.6 is 11.6 Å². The first-order chi connectivity index (χ1) is 19.7. The topological polar surface area (TPSA) is 126 Å². The van der Waals surface area contributed by atoms with Crippen molar-refractivity contribution in [2.24, 2.45) is 5.10 Å². The van der Waals surface area contributed by atoms with Crippen molar-refractivity contribution in [1.82, 2.24) is 10.7 Å². The molecule has 12 heteroatoms. The van der Waals surface area contributed by atoms with E-state index in [1.165, 1.54) is 24.4 Å². The Morgan fingerprint density at radius 3 is 2.56 bits per heavy atom. The van der Waals surface area contributed by atoms with Gasteiger partial charge in [0.2, 0.25) is 0 Å². The van der Waals surface area contributed by atoms with Gasteiger partial charge in [0.1, 0.15) is 12.3 Å². The van der Waals surface area contributed by atoms with Crippen molar-refractivity contribution in [3.8, 4) is 5.75 Å². The number of hydrogen-bond acceptors (Lipinski definition) is 7. The Hall–Kier alpha value is -3.93. The Morgan fingerprint density at radius 2 is 1.85 bits per heavy atom. The summed E-state index contributed by atoms with van der Waals surface area (Å²) in [5.74, 6) is -0.378. The minimum absolute atomic E-state index is 0.0401. The smallest absolute Gasteiger partial charge is 0.264 e. The van der Waals surface area contributed by atoms with Gasteiger partial charge in [-0.1, -0.05) is 35.9 Å². The summed E-state index contributed by atoms with van der Waals surface area (Å²) in [5, 5.41) is 7.09. The maximum absolute atomic E-state index is 13.5. The molecule has 4 rings (SSSR count). The van der Waals surface area contributed by atoms with Gasteiger partial charge >= 0.3 is 0 Å². The van der Waals surface area contributed by atoms with E-state index in [1.807, 2.05) is 0 Å². The molecule has 0 spiro atoms. The molecular weight excluding hydrogens is 568 g/mol. The number of halogens is 1. The third-order valence-corrected chi connectivity index (χ3v) is 8.27. The third-order valence-electron chi connectivity index (χ3n) is 6.26. The van der Waals surface area contributed by atoms with Crippen LogP contribution in [0.4, 0.5) is 5.69 Å². The third kappa shape index (κ3) is 8.53. The molecule has 1 aliphatic rings. The summed E-state index contributed by atoms with van der Waals surface area (Å²) in [6.45, 7) is 2.30. The van der Waals surface area contributed by atoms with Crippen molar-refractivity contribution < 1.29 is 27.5 Å². The zero-order valence-electron chi connectivity index (χ0n) is 22.5. The van der Waals surface area contributed by atoms with E-state index < -0.39 is 22.5 Å². The second-order valence-electron chi connectivity index (χ2n) is 9.35. The monoisotopic (exact) mass is 598 g/mol. The zero-order valence-corrected chi connectivity index (χ0v) is 24.0. The predicted octanol–water partition coefficient (Wildman–Crippen LogP) is 3.67. The molecule has 0 aromatic heterocycles. The molecule has 216 valence electrons. The quantitative estimate of drug-likeness (QED) is 0.242. The second kappa shape index (κ2) is 14.1. The Bertz CT molecular complexity index is 1480. The zero-order chi connectivity index (χ0) is 29.2. The molecule has 2 amide bonds. The van der Waals surface area contributed by atoms with Crippen molar-refractivity contribution in [2.75, 3.05) is 30.6 Å². The van der Waals surface area contributed by atoms with Crippen LogP contribution in [0.5, 0.6) is 5.75 Å². The number of hydrazone groups is 1. The Balaban J connectivity index is 1.34. The first-order valence-corrected chi connectivity index (χ1v) is 14.8. The Kier molecular flexibility index (Phi) is 10.3. The highest BCUT2D eigenvalue weighted by Crippen LogP contribution is 2.29. The van der Waals surface area contributed by atoms with Crippen molar-refractivity contribution in [2.45, 2.75) is 30.8 Å². The summed E-state index contributed by atoms with van der Waals surface area (Å²) in [6, 6.07) is 19.4. The van der Waals surface area contributed by atoms with E-state index >= 15 is 0 Å². The summed E-state index contributed by atoms with van der Waals surface area (Å²) in [4.78, 5) is 24.8. The van der Waals surface area contributed by atoms with Gasteiger partial charge < -0.3 is 14.8 Å². The standard InChI is InChI=1S/C29H31ClN4O6S/c1-21-9-12-23(30)16-27(21)34(41(37,38)26-7-3-2-4-8-26)19-28(35)33-32-17-22-10-13-24(14-11-22)40-20-29(36)31-18-25-6-5-15-39-25/h2-4,7-14,16-17,25H,5-6,15,18-20H2,1H3,(H,31,36)(H,33,35)/b32-17-/t25-/m1/s1. The van der Waals surface area contributed by atoms with Crippen LogP contribution in [0.2, 0.25) is 5.02 Å². The molecule has 0 saturated carbocycles. The molecule has 1 heterocycles. The fourth-order valence-corrected chi connectivity index (χ4v) is 5.76. The molecule has 0 unspecified atom stereocenters. The number of rotatable bonds is 12. The van der Waals surface area contributed by atoms with Crippen LogP contribution < -0.4 is 19.8 Å². The average molecular weight is 599 g/mol. The van der Waals surface area contributed by atoms with Gasteiger partial charge in [0.25, 0.3) is 21.8 Å². The molecule has 1 fully saturated rings. The maximum atomic E-state index is 13.5. The fourth-order valence-electron chi connectivity index (χ4n) is 4.10. The van der Waals surface area contributed by atoms with E-state index in [1.54, 1.807) is 61.5 Å². The summed E-state index contributed by atoms with van der Waals surface area (Å²) in [6.07, 6.45) is 3.43. The summed E-state index contributed by atoms with van der Waals surface area (Å²) >= 11 is 6.15. The number of benzene rings is 3. The largest absolute Gasteiger partial charge is 0.484 e. The number of ether oxygens (including phenoxy) is 2. The number of aryl methyl sites for hydroxylation is 1. The van der Waals surface area contributed by atoms with E-state index in [0.29, 0.717) is 28.4 Å². The summed E-state index contributed by atoms with van der Waals surface area (Å²) in [7, 11) is -4.08. The number of hydrogen-bond donors (Lipinski definition) is 2. The van der Waals surface area contributed by atoms with E-state index in [-0.39, 0.29) is 29.2 Å². The van der Waals surface area contributed by atoms with E-state index in [4.69, 9.17) is 21.1 Å². The lowest BCUT2D eigenvalue weighted by Crippen LogP contribution is -2.40. The number of carbonyl (C=O) groups is 2. The molecule has 1 saturated heterocycles. The minimum atomic E-state index is -4.08. The van der Waals surface area contributed by atoms with Crippen LogP contribution in [0, 0.1) is 6.92 Å². The molecule has 3 aromatic carbocycles. The molecule has 0 bridgehead atoms. The lowest BCUT2D eigenvalue weighted by molar-refractivity contribution is -0.123. The van der Waals surface area contributed by atoms with Crippen molar-refractivity contribution in [3.63, 3.8) is 0 Å². The van der Waals surface area contributed by atoms with Crippen molar-refractivity contribution in [3.05, 3.63) is 88.9 Å². The number of carbonyl (C=O) groups excluding carboxylic acids is 2. The molecule has 1 atom stereocenters. The van der Waals surface area contributed by atoms with Gasteiger partial charge in [-0.25, -0.2) is 13.8 Å². The van der Waals surface area contributed by atoms with Crippen LogP contribution in [-0.4, -0.2) is 58.9 Å². The maximum Gasteiger partial charge on any atom is 0.264 e. The Morgan fingerprint density at radius 1 is 1.10 bits per heavy atom.